The van der Waals surface area contributed by atoms with E-state index in [1.54, 1.807) is 6.33 Å². The van der Waals surface area contributed by atoms with E-state index < -0.39 is 0 Å². The third kappa shape index (κ3) is 3.51. The molecular formula is C16H28N4O. The zero-order valence-corrected chi connectivity index (χ0v) is 13.8. The van der Waals surface area contributed by atoms with Crippen molar-refractivity contribution in [1.29, 1.82) is 0 Å². The standard InChI is InChI=1S/C16H28N4O/c1-13(2)11-20-15(17-12-18-20)10-14(21)16(19(3)4)8-6-5-7-9-16/h12-13H,5-11H2,1-4H3. The summed E-state index contributed by atoms with van der Waals surface area (Å²) >= 11 is 0. The molecule has 5 nitrogen and oxygen atoms in total. The third-order valence-electron chi connectivity index (χ3n) is 4.61. The molecule has 118 valence electrons. The van der Waals surface area contributed by atoms with E-state index in [1.165, 1.54) is 6.42 Å². The highest BCUT2D eigenvalue weighted by atomic mass is 16.1. The number of aromatic nitrogens is 3. The van der Waals surface area contributed by atoms with Gasteiger partial charge in [0.25, 0.3) is 0 Å². The normalized spacial score (nSPS) is 18.4. The van der Waals surface area contributed by atoms with Crippen molar-refractivity contribution < 1.29 is 4.79 Å². The smallest absolute Gasteiger partial charge is 0.160 e. The number of carbonyl (C=O) groups is 1. The van der Waals surface area contributed by atoms with Gasteiger partial charge in [0, 0.05) is 6.54 Å². The molecule has 0 aromatic carbocycles. The Morgan fingerprint density at radius 3 is 2.57 bits per heavy atom. The van der Waals surface area contributed by atoms with Crippen LogP contribution in [-0.2, 0) is 17.8 Å². The average Bonchev–Trinajstić information content (AvgIpc) is 2.85. The van der Waals surface area contributed by atoms with Gasteiger partial charge in [0.05, 0.1) is 12.0 Å². The van der Waals surface area contributed by atoms with E-state index in [-0.39, 0.29) is 5.54 Å². The molecule has 0 spiro atoms. The monoisotopic (exact) mass is 292 g/mol. The lowest BCUT2D eigenvalue weighted by molar-refractivity contribution is -0.131. The summed E-state index contributed by atoms with van der Waals surface area (Å²) in [5.74, 6) is 1.60. The molecule has 0 bridgehead atoms. The fourth-order valence-corrected chi connectivity index (χ4v) is 3.34. The summed E-state index contributed by atoms with van der Waals surface area (Å²) in [6.07, 6.45) is 7.42. The molecule has 1 fully saturated rings. The van der Waals surface area contributed by atoms with Crippen LogP contribution in [-0.4, -0.2) is 45.1 Å². The van der Waals surface area contributed by atoms with Gasteiger partial charge in [0.2, 0.25) is 0 Å². The number of rotatable bonds is 6. The second kappa shape index (κ2) is 6.69. The minimum atomic E-state index is -0.299. The summed E-state index contributed by atoms with van der Waals surface area (Å²) in [5.41, 5.74) is -0.299. The second-order valence-corrected chi connectivity index (χ2v) is 6.84. The molecule has 0 N–H and O–H groups in total. The Morgan fingerprint density at radius 2 is 2.00 bits per heavy atom. The number of likely N-dealkylation sites (N-methyl/N-ethyl adjacent to an activating group) is 1. The molecule has 1 aliphatic rings. The number of hydrogen-bond acceptors (Lipinski definition) is 4. The largest absolute Gasteiger partial charge is 0.297 e. The zero-order valence-electron chi connectivity index (χ0n) is 13.8. The second-order valence-electron chi connectivity index (χ2n) is 6.84. The van der Waals surface area contributed by atoms with Crippen LogP contribution in [0.4, 0.5) is 0 Å². The molecule has 0 saturated heterocycles. The third-order valence-corrected chi connectivity index (χ3v) is 4.61. The summed E-state index contributed by atoms with van der Waals surface area (Å²) in [6, 6.07) is 0. The Kier molecular flexibility index (Phi) is 5.14. The molecular weight excluding hydrogens is 264 g/mol. The van der Waals surface area contributed by atoms with Gasteiger partial charge in [-0.2, -0.15) is 5.10 Å². The van der Waals surface area contributed by atoms with Crippen molar-refractivity contribution >= 4 is 5.78 Å². The first kappa shape index (κ1) is 16.1. The molecule has 1 aromatic heterocycles. The Hall–Kier alpha value is -1.23. The van der Waals surface area contributed by atoms with Gasteiger partial charge in [-0.1, -0.05) is 33.1 Å². The van der Waals surface area contributed by atoms with Gasteiger partial charge in [0.15, 0.2) is 5.78 Å². The highest BCUT2D eigenvalue weighted by Gasteiger charge is 2.41. The van der Waals surface area contributed by atoms with E-state index in [4.69, 9.17) is 0 Å². The van der Waals surface area contributed by atoms with Gasteiger partial charge >= 0.3 is 0 Å². The van der Waals surface area contributed by atoms with Crippen LogP contribution in [0.5, 0.6) is 0 Å². The van der Waals surface area contributed by atoms with Crippen molar-refractivity contribution in [3.8, 4) is 0 Å². The fraction of sp³-hybridized carbons (Fsp3) is 0.812. The molecule has 0 atom stereocenters. The van der Waals surface area contributed by atoms with E-state index in [0.717, 1.165) is 38.1 Å². The Balaban J connectivity index is 2.14. The number of carbonyl (C=O) groups excluding carboxylic acids is 1. The van der Waals surface area contributed by atoms with Crippen LogP contribution in [0, 0.1) is 5.92 Å². The highest BCUT2D eigenvalue weighted by molar-refractivity contribution is 5.89. The van der Waals surface area contributed by atoms with Crippen molar-refractivity contribution in [2.75, 3.05) is 14.1 Å². The van der Waals surface area contributed by atoms with Crippen LogP contribution in [0.1, 0.15) is 51.8 Å². The SMILES string of the molecule is CC(C)Cn1ncnc1CC(=O)C1(N(C)C)CCCCC1. The Labute approximate surface area is 127 Å². The van der Waals surface area contributed by atoms with Crippen LogP contribution in [0.3, 0.4) is 0 Å². The average molecular weight is 292 g/mol. The maximum Gasteiger partial charge on any atom is 0.160 e. The Bertz CT molecular complexity index is 472. The lowest BCUT2D eigenvalue weighted by atomic mass is 9.76. The predicted molar refractivity (Wildman–Crippen MR) is 83.1 cm³/mol. The summed E-state index contributed by atoms with van der Waals surface area (Å²) in [4.78, 5) is 19.4. The molecule has 0 radical (unpaired) electrons. The van der Waals surface area contributed by atoms with Crippen LogP contribution in [0.15, 0.2) is 6.33 Å². The first-order chi connectivity index (χ1) is 9.95. The first-order valence-corrected chi connectivity index (χ1v) is 8.03. The van der Waals surface area contributed by atoms with Gasteiger partial charge in [-0.15, -0.1) is 0 Å². The van der Waals surface area contributed by atoms with Gasteiger partial charge in [-0.3, -0.25) is 9.69 Å². The first-order valence-electron chi connectivity index (χ1n) is 8.03. The lowest BCUT2D eigenvalue weighted by Gasteiger charge is -2.41. The number of hydrogen-bond donors (Lipinski definition) is 0. The lowest BCUT2D eigenvalue weighted by Crippen LogP contribution is -2.53. The number of ketones is 1. The summed E-state index contributed by atoms with van der Waals surface area (Å²) < 4.78 is 1.88. The molecule has 1 heterocycles. The van der Waals surface area contributed by atoms with Gasteiger partial charge in [-0.25, -0.2) is 9.67 Å². The van der Waals surface area contributed by atoms with E-state index in [1.807, 2.05) is 18.8 Å². The van der Waals surface area contributed by atoms with Crippen molar-refractivity contribution in [1.82, 2.24) is 19.7 Å². The van der Waals surface area contributed by atoms with Gasteiger partial charge in [0.1, 0.15) is 12.2 Å². The molecule has 21 heavy (non-hydrogen) atoms. The zero-order chi connectivity index (χ0) is 15.5. The molecule has 2 rings (SSSR count). The molecule has 1 aromatic rings. The summed E-state index contributed by atoms with van der Waals surface area (Å²) in [5, 5.41) is 4.26. The Morgan fingerprint density at radius 1 is 1.33 bits per heavy atom. The van der Waals surface area contributed by atoms with Crippen LogP contribution >= 0.6 is 0 Å². The topological polar surface area (TPSA) is 51.0 Å². The van der Waals surface area contributed by atoms with E-state index in [9.17, 15) is 4.79 Å². The van der Waals surface area contributed by atoms with Crippen molar-refractivity contribution in [3.05, 3.63) is 12.2 Å². The maximum atomic E-state index is 12.9. The number of Topliss-reactive ketones (excluding diaryl/α,β-unsaturated/α-hetero) is 1. The minimum absolute atomic E-state index is 0.296. The molecule has 0 aliphatic heterocycles. The summed E-state index contributed by atoms with van der Waals surface area (Å²) in [7, 11) is 4.06. The predicted octanol–water partition coefficient (Wildman–Crippen LogP) is 2.31. The van der Waals surface area contributed by atoms with E-state index in [2.05, 4.69) is 28.8 Å². The van der Waals surface area contributed by atoms with Crippen molar-refractivity contribution in [3.63, 3.8) is 0 Å². The minimum Gasteiger partial charge on any atom is -0.297 e. The quantitative estimate of drug-likeness (QED) is 0.807. The van der Waals surface area contributed by atoms with Crippen LogP contribution < -0.4 is 0 Å². The maximum absolute atomic E-state index is 12.9. The van der Waals surface area contributed by atoms with Gasteiger partial charge in [-0.05, 0) is 32.9 Å². The van der Waals surface area contributed by atoms with Crippen LogP contribution in [0.2, 0.25) is 0 Å². The van der Waals surface area contributed by atoms with Crippen LogP contribution in [0.25, 0.3) is 0 Å². The van der Waals surface area contributed by atoms with Crippen molar-refractivity contribution in [2.45, 2.75) is 64.5 Å². The van der Waals surface area contributed by atoms with Crippen molar-refractivity contribution in [2.24, 2.45) is 5.92 Å². The molecule has 0 amide bonds. The van der Waals surface area contributed by atoms with E-state index >= 15 is 0 Å². The molecule has 0 unspecified atom stereocenters. The summed E-state index contributed by atoms with van der Waals surface area (Å²) in [6.45, 7) is 5.11. The molecule has 1 aliphatic carbocycles. The highest BCUT2D eigenvalue weighted by Crippen LogP contribution is 2.33. The fourth-order valence-electron chi connectivity index (χ4n) is 3.34. The molecule has 1 saturated carbocycles. The number of nitrogens with zero attached hydrogens (tertiary/aromatic N) is 4. The van der Waals surface area contributed by atoms with E-state index in [0.29, 0.717) is 18.1 Å². The molecule has 5 heteroatoms. The van der Waals surface area contributed by atoms with Gasteiger partial charge < -0.3 is 0 Å².